The Morgan fingerprint density at radius 3 is 2.65 bits per heavy atom. The fourth-order valence-corrected chi connectivity index (χ4v) is 5.75. The van der Waals surface area contributed by atoms with Gasteiger partial charge in [0, 0.05) is 30.6 Å². The molecule has 1 amide bonds. The Balaban J connectivity index is 1.22. The highest BCUT2D eigenvalue weighted by molar-refractivity contribution is 5.93. The summed E-state index contributed by atoms with van der Waals surface area (Å²) in [6.07, 6.45) is -0.553. The normalized spacial score (nSPS) is 32.1. The summed E-state index contributed by atoms with van der Waals surface area (Å²) in [5, 5.41) is 7.36. The molecule has 0 spiro atoms. The van der Waals surface area contributed by atoms with Crippen LogP contribution in [-0.4, -0.2) is 45.9 Å². The minimum absolute atomic E-state index is 0.0259. The molecule has 1 N–H and O–H groups in total. The van der Waals surface area contributed by atoms with Gasteiger partial charge >= 0.3 is 6.18 Å². The molecule has 4 unspecified atom stereocenters. The van der Waals surface area contributed by atoms with Crippen LogP contribution >= 0.6 is 0 Å². The number of halogens is 3. The van der Waals surface area contributed by atoms with Gasteiger partial charge in [0.2, 0.25) is 0 Å². The number of alkyl halides is 3. The maximum absolute atomic E-state index is 13.7. The van der Waals surface area contributed by atoms with E-state index in [1.165, 1.54) is 11.6 Å². The molecule has 2 aliphatic carbocycles. The lowest BCUT2D eigenvalue weighted by atomic mass is 9.87. The van der Waals surface area contributed by atoms with Gasteiger partial charge in [-0.25, -0.2) is 4.68 Å². The molecule has 1 saturated heterocycles. The number of fused-ring (bicyclic) bond motifs is 2. The van der Waals surface area contributed by atoms with Crippen LogP contribution in [0.4, 0.5) is 19.0 Å². The van der Waals surface area contributed by atoms with Gasteiger partial charge in [0.25, 0.3) is 5.91 Å². The minimum atomic E-state index is -4.38. The first kappa shape index (κ1) is 19.2. The first-order valence-electron chi connectivity index (χ1n) is 11.1. The molecule has 4 atom stereocenters. The number of rotatable bonds is 3. The Morgan fingerprint density at radius 1 is 1.19 bits per heavy atom. The van der Waals surface area contributed by atoms with Crippen LogP contribution in [0.5, 0.6) is 0 Å². The first-order valence-corrected chi connectivity index (χ1v) is 11.1. The number of anilines is 1. The minimum Gasteiger partial charge on any atom is -0.367 e. The van der Waals surface area contributed by atoms with Gasteiger partial charge in [-0.2, -0.15) is 18.3 Å². The zero-order valence-electron chi connectivity index (χ0n) is 17.1. The molecule has 0 bridgehead atoms. The molecule has 1 aromatic carbocycles. The number of hydrogen-bond acceptors (Lipinski definition) is 3. The van der Waals surface area contributed by atoms with Crippen LogP contribution in [0.3, 0.4) is 0 Å². The predicted molar refractivity (Wildman–Crippen MR) is 109 cm³/mol. The predicted octanol–water partition coefficient (Wildman–Crippen LogP) is 4.38. The maximum Gasteiger partial charge on any atom is 0.410 e. The van der Waals surface area contributed by atoms with E-state index in [1.807, 2.05) is 18.2 Å². The number of nitrogens with one attached hydrogen (secondary N) is 1. The molecule has 6 rings (SSSR count). The highest BCUT2D eigenvalue weighted by Gasteiger charge is 2.58. The van der Waals surface area contributed by atoms with Crippen LogP contribution in [-0.2, 0) is 5.41 Å². The van der Waals surface area contributed by atoms with Crippen molar-refractivity contribution in [1.82, 2.24) is 14.7 Å². The van der Waals surface area contributed by atoms with Gasteiger partial charge in [0.1, 0.15) is 5.82 Å². The van der Waals surface area contributed by atoms with Crippen molar-refractivity contribution in [3.63, 3.8) is 0 Å². The number of carbonyl (C=O) groups is 1. The van der Waals surface area contributed by atoms with Gasteiger partial charge in [-0.3, -0.25) is 4.79 Å². The zero-order valence-corrected chi connectivity index (χ0v) is 17.1. The van der Waals surface area contributed by atoms with Gasteiger partial charge in [0.05, 0.1) is 0 Å². The summed E-state index contributed by atoms with van der Waals surface area (Å²) in [6, 6.07) is 10.0. The van der Waals surface area contributed by atoms with Crippen LogP contribution in [0.15, 0.2) is 36.4 Å². The van der Waals surface area contributed by atoms with Crippen LogP contribution in [0, 0.1) is 11.8 Å². The molecule has 0 radical (unpaired) electrons. The third-order valence-electron chi connectivity index (χ3n) is 7.77. The van der Waals surface area contributed by atoms with Crippen molar-refractivity contribution in [2.24, 2.45) is 11.8 Å². The lowest BCUT2D eigenvalue weighted by Gasteiger charge is -2.33. The Hall–Kier alpha value is -2.51. The molecule has 4 aliphatic rings. The van der Waals surface area contributed by atoms with Gasteiger partial charge < -0.3 is 10.2 Å². The Morgan fingerprint density at radius 2 is 1.97 bits per heavy atom. The molecule has 8 heteroatoms. The van der Waals surface area contributed by atoms with Crippen LogP contribution < -0.4 is 5.32 Å². The first-order chi connectivity index (χ1) is 14.8. The fourth-order valence-electron chi connectivity index (χ4n) is 5.75. The van der Waals surface area contributed by atoms with Crippen molar-refractivity contribution in [3.05, 3.63) is 47.7 Å². The van der Waals surface area contributed by atoms with Crippen molar-refractivity contribution in [2.75, 3.05) is 18.4 Å². The average molecular weight is 430 g/mol. The monoisotopic (exact) mass is 430 g/mol. The van der Waals surface area contributed by atoms with E-state index >= 15 is 0 Å². The topological polar surface area (TPSA) is 50.2 Å². The van der Waals surface area contributed by atoms with E-state index in [0.29, 0.717) is 24.8 Å². The molecule has 31 heavy (non-hydrogen) atoms. The highest BCUT2D eigenvalue weighted by atomic mass is 19.4. The third-order valence-corrected chi connectivity index (χ3v) is 7.77. The number of hydrogen-bond donors (Lipinski definition) is 1. The summed E-state index contributed by atoms with van der Waals surface area (Å²) in [5.74, 6) is 0.748. The third kappa shape index (κ3) is 3.13. The highest BCUT2D eigenvalue weighted by Crippen LogP contribution is 2.59. The summed E-state index contributed by atoms with van der Waals surface area (Å²) in [4.78, 5) is 14.9. The van der Waals surface area contributed by atoms with Crippen LogP contribution in [0.2, 0.25) is 0 Å². The number of benzene rings is 1. The zero-order chi connectivity index (χ0) is 21.4. The summed E-state index contributed by atoms with van der Waals surface area (Å²) in [5.41, 5.74) is 1.60. The van der Waals surface area contributed by atoms with Crippen molar-refractivity contribution in [1.29, 1.82) is 0 Å². The molecule has 2 aliphatic heterocycles. The lowest BCUT2D eigenvalue weighted by Crippen LogP contribution is -2.41. The van der Waals surface area contributed by atoms with E-state index in [0.717, 1.165) is 30.4 Å². The van der Waals surface area contributed by atoms with Gasteiger partial charge in [0.15, 0.2) is 11.7 Å². The average Bonchev–Trinajstić information content (AvgIpc) is 3.67. The van der Waals surface area contributed by atoms with Gasteiger partial charge in [-0.1, -0.05) is 30.3 Å². The number of amides is 1. The maximum atomic E-state index is 13.7. The second-order valence-electron chi connectivity index (χ2n) is 9.67. The van der Waals surface area contributed by atoms with E-state index in [1.54, 1.807) is 4.90 Å². The van der Waals surface area contributed by atoms with E-state index in [4.69, 9.17) is 0 Å². The summed E-state index contributed by atoms with van der Waals surface area (Å²) in [6.45, 7) is 1.24. The quantitative estimate of drug-likeness (QED) is 0.786. The Bertz CT molecular complexity index is 1020. The van der Waals surface area contributed by atoms with E-state index in [9.17, 15) is 18.0 Å². The standard InChI is InChI=1S/C23H25F3N4O/c24-23(25,26)19-10-17(14-6-7-14)27-20-11-18(28-30(19)20)21(31)29-9-8-22(12-16(22)13-29)15-4-2-1-3-5-15/h1-5,11,14,16-17,19,27H,6-10,12-13H2. The van der Waals surface area contributed by atoms with Crippen LogP contribution in [0.25, 0.3) is 0 Å². The number of likely N-dealkylation sites (tertiary alicyclic amines) is 1. The smallest absolute Gasteiger partial charge is 0.367 e. The molecular formula is C23H25F3N4O. The molecule has 5 nitrogen and oxygen atoms in total. The van der Waals surface area contributed by atoms with Gasteiger partial charge in [-0.15, -0.1) is 0 Å². The summed E-state index contributed by atoms with van der Waals surface area (Å²) < 4.78 is 42.1. The number of carbonyl (C=O) groups excluding carboxylic acids is 1. The number of aromatic nitrogens is 2. The molecule has 3 heterocycles. The van der Waals surface area contributed by atoms with E-state index in [2.05, 4.69) is 22.5 Å². The fraction of sp³-hybridized carbons (Fsp3) is 0.565. The molecular weight excluding hydrogens is 405 g/mol. The van der Waals surface area contributed by atoms with Crippen molar-refractivity contribution in [2.45, 2.75) is 55.8 Å². The van der Waals surface area contributed by atoms with Crippen LogP contribution in [0.1, 0.15) is 54.2 Å². The number of piperidine rings is 1. The summed E-state index contributed by atoms with van der Waals surface area (Å²) >= 11 is 0. The Kier molecular flexibility index (Phi) is 4.02. The van der Waals surface area contributed by atoms with Crippen molar-refractivity contribution >= 4 is 11.7 Å². The summed E-state index contributed by atoms with van der Waals surface area (Å²) in [7, 11) is 0. The van der Waals surface area contributed by atoms with E-state index < -0.39 is 12.2 Å². The molecule has 164 valence electrons. The SMILES string of the molecule is O=C(c1cc2n(n1)C(C(F)(F)F)CC(C1CC1)N2)N1CCC2(c3ccccc3)CC2C1. The molecule has 3 fully saturated rings. The largest absolute Gasteiger partial charge is 0.410 e. The second-order valence-corrected chi connectivity index (χ2v) is 9.67. The number of nitrogens with zero attached hydrogens (tertiary/aromatic N) is 3. The van der Waals surface area contributed by atoms with Crippen molar-refractivity contribution in [3.8, 4) is 0 Å². The lowest BCUT2D eigenvalue weighted by molar-refractivity contribution is -0.174. The van der Waals surface area contributed by atoms with E-state index in [-0.39, 0.29) is 35.4 Å². The molecule has 1 aromatic heterocycles. The van der Waals surface area contributed by atoms with Crippen molar-refractivity contribution < 1.29 is 18.0 Å². The molecule has 2 saturated carbocycles. The second kappa shape index (κ2) is 6.50. The molecule has 2 aromatic rings. The Labute approximate surface area is 178 Å². The van der Waals surface area contributed by atoms with Gasteiger partial charge in [-0.05, 0) is 49.5 Å².